The Hall–Kier alpha value is -0.130. The van der Waals surface area contributed by atoms with Gasteiger partial charge in [0.05, 0.1) is 16.6 Å². The molecule has 0 aliphatic heterocycles. The van der Waals surface area contributed by atoms with Crippen LogP contribution in [-0.2, 0) is 9.84 Å². The van der Waals surface area contributed by atoms with Crippen molar-refractivity contribution in [2.75, 3.05) is 18.8 Å². The molecule has 5 heteroatoms. The van der Waals surface area contributed by atoms with E-state index in [0.717, 1.165) is 0 Å². The van der Waals surface area contributed by atoms with Crippen molar-refractivity contribution in [1.82, 2.24) is 5.32 Å². The van der Waals surface area contributed by atoms with Crippen LogP contribution in [0.25, 0.3) is 0 Å². The standard InChI is InChI=1S/C10H23NO3S/c1-5-9(12)8-11-6-7-15(13,14)10(2,3)4/h9,11-12H,5-8H2,1-4H3. The minimum absolute atomic E-state index is 0.118. The molecule has 0 saturated carbocycles. The zero-order chi connectivity index (χ0) is 12.1. The third kappa shape index (κ3) is 5.49. The Kier molecular flexibility index (Phi) is 5.77. The van der Waals surface area contributed by atoms with Crippen LogP contribution in [0.5, 0.6) is 0 Å². The largest absolute Gasteiger partial charge is 0.392 e. The molecule has 0 heterocycles. The quantitative estimate of drug-likeness (QED) is 0.663. The van der Waals surface area contributed by atoms with E-state index in [2.05, 4.69) is 5.32 Å². The van der Waals surface area contributed by atoms with E-state index < -0.39 is 14.6 Å². The molecule has 15 heavy (non-hydrogen) atoms. The van der Waals surface area contributed by atoms with Gasteiger partial charge in [-0.3, -0.25) is 0 Å². The van der Waals surface area contributed by atoms with E-state index in [-0.39, 0.29) is 11.9 Å². The first-order valence-electron chi connectivity index (χ1n) is 5.32. The summed E-state index contributed by atoms with van der Waals surface area (Å²) in [4.78, 5) is 0. The maximum atomic E-state index is 11.7. The topological polar surface area (TPSA) is 66.4 Å². The first-order chi connectivity index (χ1) is 6.70. The van der Waals surface area contributed by atoms with Crippen LogP contribution < -0.4 is 5.32 Å². The summed E-state index contributed by atoms with van der Waals surface area (Å²) in [6, 6.07) is 0. The maximum Gasteiger partial charge on any atom is 0.156 e. The molecule has 0 amide bonds. The van der Waals surface area contributed by atoms with E-state index in [9.17, 15) is 13.5 Å². The fraction of sp³-hybridized carbons (Fsp3) is 1.00. The Morgan fingerprint density at radius 2 is 1.87 bits per heavy atom. The summed E-state index contributed by atoms with van der Waals surface area (Å²) in [5.74, 6) is 0.118. The SMILES string of the molecule is CCC(O)CNCCS(=O)(=O)C(C)(C)C. The van der Waals surface area contributed by atoms with Crippen molar-refractivity contribution in [3.05, 3.63) is 0 Å². The van der Waals surface area contributed by atoms with Crippen LogP contribution in [0.15, 0.2) is 0 Å². The van der Waals surface area contributed by atoms with Crippen molar-refractivity contribution >= 4 is 9.84 Å². The highest BCUT2D eigenvalue weighted by atomic mass is 32.2. The number of sulfone groups is 1. The molecule has 0 spiro atoms. The summed E-state index contributed by atoms with van der Waals surface area (Å²) in [6.07, 6.45) is 0.293. The van der Waals surface area contributed by atoms with Crippen molar-refractivity contribution in [3.8, 4) is 0 Å². The molecule has 2 N–H and O–H groups in total. The van der Waals surface area contributed by atoms with Crippen LogP contribution >= 0.6 is 0 Å². The van der Waals surface area contributed by atoms with Crippen LogP contribution in [0.3, 0.4) is 0 Å². The molecule has 92 valence electrons. The van der Waals surface area contributed by atoms with Crippen molar-refractivity contribution in [1.29, 1.82) is 0 Å². The third-order valence-electron chi connectivity index (χ3n) is 2.33. The van der Waals surface area contributed by atoms with E-state index in [1.165, 1.54) is 0 Å². The van der Waals surface area contributed by atoms with Gasteiger partial charge in [-0.2, -0.15) is 0 Å². The van der Waals surface area contributed by atoms with Crippen molar-refractivity contribution in [2.45, 2.75) is 45.0 Å². The molecule has 0 aromatic carbocycles. The van der Waals surface area contributed by atoms with Crippen LogP contribution in [-0.4, -0.2) is 43.2 Å². The predicted molar refractivity (Wildman–Crippen MR) is 62.7 cm³/mol. The minimum Gasteiger partial charge on any atom is -0.392 e. The zero-order valence-electron chi connectivity index (χ0n) is 10.1. The van der Waals surface area contributed by atoms with Crippen LogP contribution in [0.4, 0.5) is 0 Å². The van der Waals surface area contributed by atoms with Gasteiger partial charge in [0.25, 0.3) is 0 Å². The van der Waals surface area contributed by atoms with Gasteiger partial charge in [-0.25, -0.2) is 8.42 Å². The molecule has 0 aromatic heterocycles. The smallest absolute Gasteiger partial charge is 0.156 e. The van der Waals surface area contributed by atoms with Crippen LogP contribution in [0, 0.1) is 0 Å². The van der Waals surface area contributed by atoms with E-state index in [1.54, 1.807) is 20.8 Å². The molecule has 1 atom stereocenters. The second-order valence-corrected chi connectivity index (χ2v) is 7.56. The van der Waals surface area contributed by atoms with Crippen molar-refractivity contribution in [3.63, 3.8) is 0 Å². The first-order valence-corrected chi connectivity index (χ1v) is 6.97. The monoisotopic (exact) mass is 237 g/mol. The molecule has 0 bridgehead atoms. The van der Waals surface area contributed by atoms with Gasteiger partial charge in [0.1, 0.15) is 0 Å². The van der Waals surface area contributed by atoms with Gasteiger partial charge in [-0.1, -0.05) is 6.92 Å². The molecule has 0 aliphatic rings. The molecule has 0 fully saturated rings. The number of hydrogen-bond acceptors (Lipinski definition) is 4. The second kappa shape index (κ2) is 5.82. The van der Waals surface area contributed by atoms with Crippen molar-refractivity contribution in [2.24, 2.45) is 0 Å². The normalized spacial score (nSPS) is 15.3. The highest BCUT2D eigenvalue weighted by Gasteiger charge is 2.27. The lowest BCUT2D eigenvalue weighted by Crippen LogP contribution is -2.36. The van der Waals surface area contributed by atoms with Gasteiger partial charge in [0, 0.05) is 13.1 Å². The van der Waals surface area contributed by atoms with E-state index >= 15 is 0 Å². The number of hydrogen-bond donors (Lipinski definition) is 2. The Balaban J connectivity index is 3.88. The van der Waals surface area contributed by atoms with E-state index in [4.69, 9.17) is 0 Å². The summed E-state index contributed by atoms with van der Waals surface area (Å²) >= 11 is 0. The first kappa shape index (κ1) is 14.9. The van der Waals surface area contributed by atoms with E-state index in [1.807, 2.05) is 6.92 Å². The average Bonchev–Trinajstić information content (AvgIpc) is 2.10. The number of aliphatic hydroxyl groups is 1. The summed E-state index contributed by atoms with van der Waals surface area (Å²) < 4.78 is 22.6. The Morgan fingerprint density at radius 1 is 1.33 bits per heavy atom. The van der Waals surface area contributed by atoms with Gasteiger partial charge in [-0.05, 0) is 27.2 Å². The van der Waals surface area contributed by atoms with Gasteiger partial charge in [0.15, 0.2) is 9.84 Å². The third-order valence-corrected chi connectivity index (χ3v) is 4.94. The lowest BCUT2D eigenvalue weighted by atomic mass is 10.3. The Morgan fingerprint density at radius 3 is 2.27 bits per heavy atom. The highest BCUT2D eigenvalue weighted by Crippen LogP contribution is 2.15. The Labute approximate surface area is 93.0 Å². The molecule has 0 rings (SSSR count). The summed E-state index contributed by atoms with van der Waals surface area (Å²) in [5, 5.41) is 12.2. The molecule has 4 nitrogen and oxygen atoms in total. The fourth-order valence-corrected chi connectivity index (χ4v) is 1.95. The summed E-state index contributed by atoms with van der Waals surface area (Å²) in [5.41, 5.74) is 0. The number of aliphatic hydroxyl groups excluding tert-OH is 1. The lowest BCUT2D eigenvalue weighted by molar-refractivity contribution is 0.168. The number of nitrogens with one attached hydrogen (secondary N) is 1. The van der Waals surface area contributed by atoms with E-state index in [0.29, 0.717) is 19.5 Å². The van der Waals surface area contributed by atoms with Gasteiger partial charge in [-0.15, -0.1) is 0 Å². The number of rotatable bonds is 6. The minimum atomic E-state index is -3.05. The summed E-state index contributed by atoms with van der Waals surface area (Å²) in [6.45, 7) is 7.83. The predicted octanol–water partition coefficient (Wildman–Crippen LogP) is 0.560. The zero-order valence-corrected chi connectivity index (χ0v) is 10.9. The molecule has 0 saturated heterocycles. The maximum absolute atomic E-state index is 11.7. The molecule has 0 aromatic rings. The van der Waals surface area contributed by atoms with Crippen LogP contribution in [0.1, 0.15) is 34.1 Å². The van der Waals surface area contributed by atoms with Crippen molar-refractivity contribution < 1.29 is 13.5 Å². The van der Waals surface area contributed by atoms with Gasteiger partial charge in [0.2, 0.25) is 0 Å². The second-order valence-electron chi connectivity index (χ2n) is 4.70. The van der Waals surface area contributed by atoms with Crippen LogP contribution in [0.2, 0.25) is 0 Å². The molecular weight excluding hydrogens is 214 g/mol. The molecule has 0 radical (unpaired) electrons. The lowest BCUT2D eigenvalue weighted by Gasteiger charge is -2.19. The fourth-order valence-electron chi connectivity index (χ4n) is 0.926. The molecular formula is C10H23NO3S. The summed E-state index contributed by atoms with van der Waals surface area (Å²) in [7, 11) is -3.05. The highest BCUT2D eigenvalue weighted by molar-refractivity contribution is 7.92. The molecule has 1 unspecified atom stereocenters. The average molecular weight is 237 g/mol. The molecule has 0 aliphatic carbocycles. The van der Waals surface area contributed by atoms with Gasteiger partial charge < -0.3 is 10.4 Å². The Bertz CT molecular complexity index is 267. The van der Waals surface area contributed by atoms with Gasteiger partial charge >= 0.3 is 0 Å².